The number of nitrogens with one attached hydrogen (secondary N) is 2. The standard InChI is InChI=1S/C19H21N3O3/c1-2-24-13-5-12-21-19(23)22-16-8-10-17(11-9-16)25-18-7-4-3-6-15(18)14-20/h3-4,6-11H,2,5,12-13H2,1H3,(H2,21,22,23). The average Bonchev–Trinajstić information content (AvgIpc) is 2.63. The van der Waals surface area contributed by atoms with E-state index in [2.05, 4.69) is 16.7 Å². The van der Waals surface area contributed by atoms with Crippen molar-refractivity contribution in [2.45, 2.75) is 13.3 Å². The zero-order valence-corrected chi connectivity index (χ0v) is 14.1. The third-order valence-corrected chi connectivity index (χ3v) is 3.30. The molecule has 2 rings (SSSR count). The summed E-state index contributed by atoms with van der Waals surface area (Å²) in [4.78, 5) is 11.8. The fourth-order valence-corrected chi connectivity index (χ4v) is 2.08. The van der Waals surface area contributed by atoms with Crippen LogP contribution in [0.3, 0.4) is 0 Å². The molecular formula is C19H21N3O3. The fraction of sp³-hybridized carbons (Fsp3) is 0.263. The van der Waals surface area contributed by atoms with Gasteiger partial charge in [0, 0.05) is 25.4 Å². The van der Waals surface area contributed by atoms with Gasteiger partial charge in [0.25, 0.3) is 0 Å². The summed E-state index contributed by atoms with van der Waals surface area (Å²) in [6.07, 6.45) is 0.770. The molecule has 0 aliphatic carbocycles. The summed E-state index contributed by atoms with van der Waals surface area (Å²) in [6.45, 7) is 3.80. The molecule has 2 aromatic rings. The Morgan fingerprint density at radius 1 is 1.16 bits per heavy atom. The van der Waals surface area contributed by atoms with Gasteiger partial charge in [-0.2, -0.15) is 5.26 Å². The average molecular weight is 339 g/mol. The number of hydrogen-bond donors (Lipinski definition) is 2. The van der Waals surface area contributed by atoms with Crippen molar-refractivity contribution in [2.75, 3.05) is 25.1 Å². The van der Waals surface area contributed by atoms with Crippen molar-refractivity contribution in [3.8, 4) is 17.6 Å². The van der Waals surface area contributed by atoms with Gasteiger partial charge in [-0.3, -0.25) is 0 Å². The van der Waals surface area contributed by atoms with Gasteiger partial charge in [0.2, 0.25) is 0 Å². The molecule has 0 saturated heterocycles. The molecule has 130 valence electrons. The van der Waals surface area contributed by atoms with E-state index in [1.54, 1.807) is 42.5 Å². The van der Waals surface area contributed by atoms with Crippen LogP contribution in [0.25, 0.3) is 0 Å². The monoisotopic (exact) mass is 339 g/mol. The molecule has 0 aliphatic rings. The normalized spacial score (nSPS) is 9.92. The van der Waals surface area contributed by atoms with Gasteiger partial charge in [-0.15, -0.1) is 0 Å². The molecule has 2 N–H and O–H groups in total. The van der Waals surface area contributed by atoms with Crippen molar-refractivity contribution in [1.82, 2.24) is 5.32 Å². The number of benzene rings is 2. The Kier molecular flexibility index (Phi) is 7.29. The number of nitriles is 1. The second-order valence-electron chi connectivity index (χ2n) is 5.17. The number of carbonyl (C=O) groups excluding carboxylic acids is 1. The molecule has 0 heterocycles. The molecular weight excluding hydrogens is 318 g/mol. The Morgan fingerprint density at radius 3 is 2.64 bits per heavy atom. The Labute approximate surface area is 147 Å². The third-order valence-electron chi connectivity index (χ3n) is 3.30. The van der Waals surface area contributed by atoms with E-state index in [4.69, 9.17) is 14.7 Å². The highest BCUT2D eigenvalue weighted by molar-refractivity contribution is 5.89. The van der Waals surface area contributed by atoms with Gasteiger partial charge >= 0.3 is 6.03 Å². The second-order valence-corrected chi connectivity index (χ2v) is 5.17. The summed E-state index contributed by atoms with van der Waals surface area (Å²) in [6, 6.07) is 15.8. The molecule has 2 amide bonds. The number of nitrogens with zero attached hydrogens (tertiary/aromatic N) is 1. The number of hydrogen-bond acceptors (Lipinski definition) is 4. The van der Waals surface area contributed by atoms with Crippen LogP contribution in [0.15, 0.2) is 48.5 Å². The van der Waals surface area contributed by atoms with E-state index in [1.807, 2.05) is 13.0 Å². The second kappa shape index (κ2) is 9.96. The van der Waals surface area contributed by atoms with Crippen molar-refractivity contribution in [3.63, 3.8) is 0 Å². The smallest absolute Gasteiger partial charge is 0.319 e. The third kappa shape index (κ3) is 6.16. The molecule has 0 radical (unpaired) electrons. The number of carbonyl (C=O) groups is 1. The van der Waals surface area contributed by atoms with E-state index >= 15 is 0 Å². The molecule has 25 heavy (non-hydrogen) atoms. The van der Waals surface area contributed by atoms with E-state index in [9.17, 15) is 4.79 Å². The number of urea groups is 1. The molecule has 0 bridgehead atoms. The van der Waals surface area contributed by atoms with E-state index in [0.29, 0.717) is 42.5 Å². The molecule has 0 fully saturated rings. The Hall–Kier alpha value is -3.04. The van der Waals surface area contributed by atoms with Crippen molar-refractivity contribution < 1.29 is 14.3 Å². The van der Waals surface area contributed by atoms with Gasteiger partial charge in [0.1, 0.15) is 17.6 Å². The van der Waals surface area contributed by atoms with E-state index < -0.39 is 0 Å². The lowest BCUT2D eigenvalue weighted by Gasteiger charge is -2.10. The predicted octanol–water partition coefficient (Wildman–Crippen LogP) is 3.90. The van der Waals surface area contributed by atoms with Crippen molar-refractivity contribution in [2.24, 2.45) is 0 Å². The maximum atomic E-state index is 11.8. The van der Waals surface area contributed by atoms with Gasteiger partial charge in [-0.1, -0.05) is 12.1 Å². The minimum atomic E-state index is -0.264. The summed E-state index contributed by atoms with van der Waals surface area (Å²) < 4.78 is 10.9. The molecule has 0 aromatic heterocycles. The fourth-order valence-electron chi connectivity index (χ4n) is 2.08. The van der Waals surface area contributed by atoms with Crippen LogP contribution in [-0.4, -0.2) is 25.8 Å². The van der Waals surface area contributed by atoms with Crippen molar-refractivity contribution in [1.29, 1.82) is 5.26 Å². The quantitative estimate of drug-likeness (QED) is 0.715. The minimum absolute atomic E-state index is 0.264. The first kappa shape index (κ1) is 18.3. The van der Waals surface area contributed by atoms with Crippen LogP contribution in [0, 0.1) is 11.3 Å². The molecule has 0 saturated carbocycles. The van der Waals surface area contributed by atoms with Crippen LogP contribution in [0.1, 0.15) is 18.9 Å². The van der Waals surface area contributed by atoms with Gasteiger partial charge in [0.05, 0.1) is 5.56 Å². The predicted molar refractivity (Wildman–Crippen MR) is 95.8 cm³/mol. The van der Waals surface area contributed by atoms with Crippen LogP contribution >= 0.6 is 0 Å². The number of para-hydroxylation sites is 1. The SMILES string of the molecule is CCOCCCNC(=O)Nc1ccc(Oc2ccccc2C#N)cc1. The summed E-state index contributed by atoms with van der Waals surface area (Å²) >= 11 is 0. The number of rotatable bonds is 8. The van der Waals surface area contributed by atoms with Crippen LogP contribution < -0.4 is 15.4 Å². The lowest BCUT2D eigenvalue weighted by Crippen LogP contribution is -2.30. The first-order valence-electron chi connectivity index (χ1n) is 8.12. The Bertz CT molecular complexity index is 723. The van der Waals surface area contributed by atoms with E-state index in [1.165, 1.54) is 0 Å². The number of amides is 2. The Morgan fingerprint density at radius 2 is 1.92 bits per heavy atom. The van der Waals surface area contributed by atoms with Crippen LogP contribution in [0.5, 0.6) is 11.5 Å². The first-order chi connectivity index (χ1) is 12.2. The van der Waals surface area contributed by atoms with Gasteiger partial charge < -0.3 is 20.1 Å². The van der Waals surface area contributed by atoms with Crippen molar-refractivity contribution >= 4 is 11.7 Å². The maximum absolute atomic E-state index is 11.8. The molecule has 0 unspecified atom stereocenters. The zero-order valence-electron chi connectivity index (χ0n) is 14.1. The largest absolute Gasteiger partial charge is 0.456 e. The molecule has 6 nitrogen and oxygen atoms in total. The van der Waals surface area contributed by atoms with Gasteiger partial charge in [-0.25, -0.2) is 4.79 Å². The summed E-state index contributed by atoms with van der Waals surface area (Å²) in [7, 11) is 0. The number of ether oxygens (including phenoxy) is 2. The van der Waals surface area contributed by atoms with Crippen LogP contribution in [0.2, 0.25) is 0 Å². The van der Waals surface area contributed by atoms with E-state index in [-0.39, 0.29) is 6.03 Å². The van der Waals surface area contributed by atoms with Crippen LogP contribution in [-0.2, 0) is 4.74 Å². The first-order valence-corrected chi connectivity index (χ1v) is 8.12. The van der Waals surface area contributed by atoms with Crippen molar-refractivity contribution in [3.05, 3.63) is 54.1 Å². The maximum Gasteiger partial charge on any atom is 0.319 e. The van der Waals surface area contributed by atoms with E-state index in [0.717, 1.165) is 6.42 Å². The summed E-state index contributed by atoms with van der Waals surface area (Å²) in [5.74, 6) is 1.09. The molecule has 0 aliphatic heterocycles. The topological polar surface area (TPSA) is 83.4 Å². The van der Waals surface area contributed by atoms with Crippen LogP contribution in [0.4, 0.5) is 10.5 Å². The lowest BCUT2D eigenvalue weighted by atomic mass is 10.2. The highest BCUT2D eigenvalue weighted by atomic mass is 16.5. The summed E-state index contributed by atoms with van der Waals surface area (Å²) in [5, 5.41) is 14.6. The molecule has 0 spiro atoms. The van der Waals surface area contributed by atoms with Gasteiger partial charge in [-0.05, 0) is 49.7 Å². The highest BCUT2D eigenvalue weighted by Crippen LogP contribution is 2.25. The minimum Gasteiger partial charge on any atom is -0.456 e. The summed E-state index contributed by atoms with van der Waals surface area (Å²) in [5.41, 5.74) is 1.12. The zero-order chi connectivity index (χ0) is 17.9. The number of anilines is 1. The molecule has 2 aromatic carbocycles. The Balaban J connectivity index is 1.83. The lowest BCUT2D eigenvalue weighted by molar-refractivity contribution is 0.145. The molecule has 6 heteroatoms. The molecule has 0 atom stereocenters. The highest BCUT2D eigenvalue weighted by Gasteiger charge is 2.05. The van der Waals surface area contributed by atoms with Gasteiger partial charge in [0.15, 0.2) is 0 Å².